The average Bonchev–Trinajstić information content (AvgIpc) is 2.77. The third kappa shape index (κ3) is 4.96. The first kappa shape index (κ1) is 15.6. The molecule has 1 heterocycles. The molecule has 7 heteroatoms. The van der Waals surface area contributed by atoms with Crippen LogP contribution in [-0.4, -0.2) is 53.0 Å². The predicted molar refractivity (Wildman–Crippen MR) is 68.3 cm³/mol. The molecule has 0 unspecified atom stereocenters. The summed E-state index contributed by atoms with van der Waals surface area (Å²) in [5.41, 5.74) is 0.705. The van der Waals surface area contributed by atoms with Crippen molar-refractivity contribution in [3.8, 4) is 0 Å². The molecule has 0 bridgehead atoms. The first-order valence-electron chi connectivity index (χ1n) is 6.43. The lowest BCUT2D eigenvalue weighted by Crippen LogP contribution is -2.13. The maximum absolute atomic E-state index is 11.0. The van der Waals surface area contributed by atoms with Crippen LogP contribution in [0.4, 0.5) is 0 Å². The molecule has 0 aliphatic rings. The Kier molecular flexibility index (Phi) is 7.06. The molecule has 0 aliphatic heterocycles. The summed E-state index contributed by atoms with van der Waals surface area (Å²) in [6.07, 6.45) is 2.34. The Morgan fingerprint density at radius 3 is 2.79 bits per heavy atom. The van der Waals surface area contributed by atoms with E-state index in [1.54, 1.807) is 11.8 Å². The monoisotopic (exact) mass is 271 g/mol. The van der Waals surface area contributed by atoms with Crippen LogP contribution in [0.15, 0.2) is 0 Å². The van der Waals surface area contributed by atoms with Crippen molar-refractivity contribution < 1.29 is 19.4 Å². The van der Waals surface area contributed by atoms with Crippen LogP contribution in [0.5, 0.6) is 0 Å². The van der Waals surface area contributed by atoms with Gasteiger partial charge in [-0.3, -0.25) is 0 Å². The van der Waals surface area contributed by atoms with E-state index in [0.29, 0.717) is 38.5 Å². The minimum absolute atomic E-state index is 0.0428. The number of rotatable bonds is 10. The number of aromatic carboxylic acids is 1. The molecule has 1 aromatic heterocycles. The third-order valence-electron chi connectivity index (χ3n) is 2.61. The molecule has 0 saturated carbocycles. The fourth-order valence-electron chi connectivity index (χ4n) is 1.72. The van der Waals surface area contributed by atoms with Crippen molar-refractivity contribution in [2.45, 2.75) is 32.7 Å². The maximum atomic E-state index is 11.0. The van der Waals surface area contributed by atoms with E-state index >= 15 is 0 Å². The Morgan fingerprint density at radius 2 is 2.16 bits per heavy atom. The fourth-order valence-corrected chi connectivity index (χ4v) is 1.72. The van der Waals surface area contributed by atoms with Crippen LogP contribution >= 0.6 is 0 Å². The summed E-state index contributed by atoms with van der Waals surface area (Å²) in [5.74, 6) is -1.03. The topological polar surface area (TPSA) is 86.5 Å². The van der Waals surface area contributed by atoms with Crippen molar-refractivity contribution in [1.29, 1.82) is 0 Å². The highest BCUT2D eigenvalue weighted by Gasteiger charge is 2.17. The van der Waals surface area contributed by atoms with Crippen molar-refractivity contribution in [1.82, 2.24) is 15.0 Å². The molecule has 0 spiro atoms. The Morgan fingerprint density at radius 1 is 1.37 bits per heavy atom. The van der Waals surface area contributed by atoms with Gasteiger partial charge in [0.25, 0.3) is 0 Å². The summed E-state index contributed by atoms with van der Waals surface area (Å²) < 4.78 is 12.0. The Balaban J connectivity index is 2.46. The molecule has 0 aromatic carbocycles. The standard InChI is InChI=1S/C12H21N3O4/c1-3-5-10-11(12(16)17)13-14-15(10)6-9-19-8-4-7-18-2/h3-9H2,1-2H3,(H,16,17). The van der Waals surface area contributed by atoms with Crippen molar-refractivity contribution in [3.05, 3.63) is 11.4 Å². The van der Waals surface area contributed by atoms with Crippen molar-refractivity contribution >= 4 is 5.97 Å². The molecule has 0 amide bonds. The van der Waals surface area contributed by atoms with Crippen LogP contribution in [0.2, 0.25) is 0 Å². The van der Waals surface area contributed by atoms with E-state index in [9.17, 15) is 4.79 Å². The van der Waals surface area contributed by atoms with Crippen LogP contribution in [0.3, 0.4) is 0 Å². The summed E-state index contributed by atoms with van der Waals surface area (Å²) in [5, 5.41) is 16.6. The smallest absolute Gasteiger partial charge is 0.358 e. The summed E-state index contributed by atoms with van der Waals surface area (Å²) in [7, 11) is 1.65. The third-order valence-corrected chi connectivity index (χ3v) is 2.61. The maximum Gasteiger partial charge on any atom is 0.358 e. The summed E-state index contributed by atoms with van der Waals surface area (Å²) >= 11 is 0. The summed E-state index contributed by atoms with van der Waals surface area (Å²) in [4.78, 5) is 11.0. The van der Waals surface area contributed by atoms with Gasteiger partial charge in [0.15, 0.2) is 5.69 Å². The largest absolute Gasteiger partial charge is 0.476 e. The van der Waals surface area contributed by atoms with E-state index in [0.717, 1.165) is 12.8 Å². The van der Waals surface area contributed by atoms with Gasteiger partial charge in [-0.1, -0.05) is 18.6 Å². The predicted octanol–water partition coefficient (Wildman–Crippen LogP) is 0.982. The molecule has 0 radical (unpaired) electrons. The lowest BCUT2D eigenvalue weighted by Gasteiger charge is -2.07. The van der Waals surface area contributed by atoms with Crippen LogP contribution in [0, 0.1) is 0 Å². The molecule has 0 aliphatic carbocycles. The van der Waals surface area contributed by atoms with Gasteiger partial charge in [-0.25, -0.2) is 9.48 Å². The molecular weight excluding hydrogens is 250 g/mol. The van der Waals surface area contributed by atoms with Crippen LogP contribution in [-0.2, 0) is 22.4 Å². The highest BCUT2D eigenvalue weighted by atomic mass is 16.5. The normalized spacial score (nSPS) is 10.8. The van der Waals surface area contributed by atoms with Gasteiger partial charge in [0, 0.05) is 20.3 Å². The number of carboxylic acid groups (broad SMARTS) is 1. The molecule has 1 rings (SSSR count). The number of hydrogen-bond acceptors (Lipinski definition) is 5. The second-order valence-electron chi connectivity index (χ2n) is 4.12. The number of carboxylic acids is 1. The number of aromatic nitrogens is 3. The van der Waals surface area contributed by atoms with E-state index in [1.807, 2.05) is 6.92 Å². The molecule has 7 nitrogen and oxygen atoms in total. The van der Waals surface area contributed by atoms with Gasteiger partial charge < -0.3 is 14.6 Å². The van der Waals surface area contributed by atoms with E-state index in [-0.39, 0.29) is 5.69 Å². The Hall–Kier alpha value is -1.47. The second-order valence-corrected chi connectivity index (χ2v) is 4.12. The lowest BCUT2D eigenvalue weighted by atomic mass is 10.2. The average molecular weight is 271 g/mol. The molecule has 1 N–H and O–H groups in total. The molecule has 0 saturated heterocycles. The lowest BCUT2D eigenvalue weighted by molar-refractivity contribution is 0.0688. The van der Waals surface area contributed by atoms with Crippen LogP contribution < -0.4 is 0 Å². The Labute approximate surface area is 112 Å². The Bertz CT molecular complexity index is 392. The molecule has 108 valence electrons. The van der Waals surface area contributed by atoms with E-state index < -0.39 is 5.97 Å². The summed E-state index contributed by atoms with van der Waals surface area (Å²) in [6.45, 7) is 4.29. The highest BCUT2D eigenvalue weighted by Crippen LogP contribution is 2.08. The van der Waals surface area contributed by atoms with E-state index in [4.69, 9.17) is 14.6 Å². The zero-order valence-electron chi connectivity index (χ0n) is 11.5. The summed E-state index contributed by atoms with van der Waals surface area (Å²) in [6, 6.07) is 0. The molecule has 19 heavy (non-hydrogen) atoms. The molecule has 0 fully saturated rings. The first-order valence-corrected chi connectivity index (χ1v) is 6.43. The van der Waals surface area contributed by atoms with Gasteiger partial charge >= 0.3 is 5.97 Å². The van der Waals surface area contributed by atoms with Crippen molar-refractivity contribution in [2.75, 3.05) is 26.9 Å². The van der Waals surface area contributed by atoms with Gasteiger partial charge in [-0.15, -0.1) is 5.10 Å². The SMILES string of the molecule is CCCc1c(C(=O)O)nnn1CCOCCCOC. The zero-order chi connectivity index (χ0) is 14.1. The minimum atomic E-state index is -1.03. The zero-order valence-corrected chi connectivity index (χ0v) is 11.5. The van der Waals surface area contributed by atoms with Gasteiger partial charge in [-0.2, -0.15) is 0 Å². The first-order chi connectivity index (χ1) is 9.20. The number of carbonyl (C=O) groups is 1. The number of methoxy groups -OCH3 is 1. The molecular formula is C12H21N3O4. The number of ether oxygens (including phenoxy) is 2. The van der Waals surface area contributed by atoms with Crippen molar-refractivity contribution in [3.63, 3.8) is 0 Å². The quantitative estimate of drug-likeness (QED) is 0.638. The minimum Gasteiger partial charge on any atom is -0.476 e. The number of hydrogen-bond donors (Lipinski definition) is 1. The van der Waals surface area contributed by atoms with Gasteiger partial charge in [0.05, 0.1) is 18.8 Å². The second kappa shape index (κ2) is 8.60. The van der Waals surface area contributed by atoms with E-state index in [2.05, 4.69) is 10.3 Å². The van der Waals surface area contributed by atoms with Crippen LogP contribution in [0.1, 0.15) is 35.9 Å². The molecule has 0 atom stereocenters. The van der Waals surface area contributed by atoms with Crippen LogP contribution in [0.25, 0.3) is 0 Å². The van der Waals surface area contributed by atoms with Gasteiger partial charge in [0.1, 0.15) is 0 Å². The van der Waals surface area contributed by atoms with Crippen molar-refractivity contribution in [2.24, 2.45) is 0 Å². The van der Waals surface area contributed by atoms with Gasteiger partial charge in [0.2, 0.25) is 0 Å². The highest BCUT2D eigenvalue weighted by molar-refractivity contribution is 5.86. The fraction of sp³-hybridized carbons (Fsp3) is 0.750. The number of nitrogens with zero attached hydrogens (tertiary/aromatic N) is 3. The van der Waals surface area contributed by atoms with E-state index in [1.165, 1.54) is 0 Å². The van der Waals surface area contributed by atoms with Gasteiger partial charge in [-0.05, 0) is 12.8 Å². The molecule has 1 aromatic rings.